The molecule has 0 saturated heterocycles. The van der Waals surface area contributed by atoms with E-state index in [2.05, 4.69) is 6.92 Å². The Balaban J connectivity index is 2.00. The first-order valence-corrected chi connectivity index (χ1v) is 5.70. The van der Waals surface area contributed by atoms with Crippen LogP contribution in [0.5, 0.6) is 5.75 Å². The Hall–Kier alpha value is -1.02. The molecule has 3 atom stereocenters. The van der Waals surface area contributed by atoms with Crippen LogP contribution in [0.4, 0.5) is 0 Å². The molecule has 1 fully saturated rings. The summed E-state index contributed by atoms with van der Waals surface area (Å²) < 4.78 is 0. The Kier molecular flexibility index (Phi) is 2.96. The van der Waals surface area contributed by atoms with Crippen molar-refractivity contribution in [3.05, 3.63) is 29.8 Å². The number of benzene rings is 1. The molecule has 0 aliphatic heterocycles. The molecule has 1 saturated carbocycles. The summed E-state index contributed by atoms with van der Waals surface area (Å²) >= 11 is 0. The Morgan fingerprint density at radius 3 is 2.47 bits per heavy atom. The molecule has 82 valence electrons. The van der Waals surface area contributed by atoms with Gasteiger partial charge in [-0.25, -0.2) is 0 Å². The van der Waals surface area contributed by atoms with Gasteiger partial charge in [-0.2, -0.15) is 0 Å². The van der Waals surface area contributed by atoms with Crippen LogP contribution in [0.2, 0.25) is 0 Å². The van der Waals surface area contributed by atoms with Gasteiger partial charge in [-0.15, -0.1) is 0 Å². The Bertz CT molecular complexity index is 320. The third-order valence-electron chi connectivity index (χ3n) is 3.72. The number of nitrogens with two attached hydrogens (primary N) is 1. The van der Waals surface area contributed by atoms with Gasteiger partial charge in [0.1, 0.15) is 5.75 Å². The molecule has 2 nitrogen and oxygen atoms in total. The van der Waals surface area contributed by atoms with Gasteiger partial charge in [-0.1, -0.05) is 19.1 Å². The van der Waals surface area contributed by atoms with Crippen molar-refractivity contribution in [2.75, 3.05) is 0 Å². The first kappa shape index (κ1) is 10.5. The van der Waals surface area contributed by atoms with E-state index in [1.165, 1.54) is 12.0 Å². The highest BCUT2D eigenvalue weighted by atomic mass is 16.3. The van der Waals surface area contributed by atoms with E-state index in [4.69, 9.17) is 5.73 Å². The van der Waals surface area contributed by atoms with Gasteiger partial charge in [0.05, 0.1) is 0 Å². The highest BCUT2D eigenvalue weighted by molar-refractivity contribution is 5.26. The van der Waals surface area contributed by atoms with Gasteiger partial charge >= 0.3 is 0 Å². The predicted molar refractivity (Wildman–Crippen MR) is 61.7 cm³/mol. The number of hydrogen-bond donors (Lipinski definition) is 2. The molecule has 0 bridgehead atoms. The minimum absolute atomic E-state index is 0.343. The second-order valence-corrected chi connectivity index (χ2v) is 4.73. The lowest BCUT2D eigenvalue weighted by Gasteiger charge is -2.17. The summed E-state index contributed by atoms with van der Waals surface area (Å²) in [6, 6.07) is 7.91. The summed E-state index contributed by atoms with van der Waals surface area (Å²) in [6.45, 7) is 2.25. The van der Waals surface area contributed by atoms with Gasteiger partial charge in [-0.05, 0) is 48.8 Å². The molecular weight excluding hydrogens is 186 g/mol. The molecule has 0 aromatic heterocycles. The van der Waals surface area contributed by atoms with Crippen LogP contribution in [-0.4, -0.2) is 11.1 Å². The van der Waals surface area contributed by atoms with Crippen LogP contribution in [-0.2, 0) is 6.42 Å². The molecule has 1 aliphatic rings. The van der Waals surface area contributed by atoms with E-state index in [1.807, 2.05) is 12.1 Å². The monoisotopic (exact) mass is 205 g/mol. The largest absolute Gasteiger partial charge is 0.508 e. The number of aromatic hydroxyl groups is 1. The quantitative estimate of drug-likeness (QED) is 0.778. The Labute approximate surface area is 91.1 Å². The molecule has 2 rings (SSSR count). The summed E-state index contributed by atoms with van der Waals surface area (Å²) in [5, 5.41) is 9.19. The van der Waals surface area contributed by atoms with Crippen LogP contribution in [0, 0.1) is 11.8 Å². The van der Waals surface area contributed by atoms with Gasteiger partial charge in [0.2, 0.25) is 0 Å². The van der Waals surface area contributed by atoms with Gasteiger partial charge < -0.3 is 10.8 Å². The molecule has 15 heavy (non-hydrogen) atoms. The van der Waals surface area contributed by atoms with Crippen LogP contribution in [0.3, 0.4) is 0 Å². The first-order valence-electron chi connectivity index (χ1n) is 5.70. The summed E-state index contributed by atoms with van der Waals surface area (Å²) in [7, 11) is 0. The van der Waals surface area contributed by atoms with Crippen LogP contribution in [0.25, 0.3) is 0 Å². The third-order valence-corrected chi connectivity index (χ3v) is 3.72. The lowest BCUT2D eigenvalue weighted by atomic mass is 9.90. The van der Waals surface area contributed by atoms with Crippen LogP contribution >= 0.6 is 0 Å². The number of phenols is 1. The zero-order valence-corrected chi connectivity index (χ0v) is 9.19. The Morgan fingerprint density at radius 1 is 1.27 bits per heavy atom. The fraction of sp³-hybridized carbons (Fsp3) is 0.538. The minimum atomic E-state index is 0.343. The van der Waals surface area contributed by atoms with Gasteiger partial charge in [0.25, 0.3) is 0 Å². The van der Waals surface area contributed by atoms with Crippen molar-refractivity contribution < 1.29 is 5.11 Å². The van der Waals surface area contributed by atoms with E-state index in [-0.39, 0.29) is 0 Å². The van der Waals surface area contributed by atoms with Gasteiger partial charge in [-0.3, -0.25) is 0 Å². The second-order valence-electron chi connectivity index (χ2n) is 4.73. The maximum Gasteiger partial charge on any atom is 0.115 e. The van der Waals surface area contributed by atoms with Crippen molar-refractivity contribution >= 4 is 0 Å². The summed E-state index contributed by atoms with van der Waals surface area (Å²) in [6.07, 6.45) is 3.49. The van der Waals surface area contributed by atoms with Crippen LogP contribution in [0.1, 0.15) is 25.3 Å². The van der Waals surface area contributed by atoms with Crippen molar-refractivity contribution in [3.8, 4) is 5.75 Å². The molecule has 0 heterocycles. The minimum Gasteiger partial charge on any atom is -0.508 e. The lowest BCUT2D eigenvalue weighted by molar-refractivity contribution is 0.390. The molecule has 1 aliphatic carbocycles. The summed E-state index contributed by atoms with van der Waals surface area (Å²) in [5.41, 5.74) is 7.31. The highest BCUT2D eigenvalue weighted by Crippen LogP contribution is 2.33. The predicted octanol–water partition coefficient (Wildman–Crippen LogP) is 2.31. The molecular formula is C13H19NO. The van der Waals surface area contributed by atoms with Crippen LogP contribution in [0.15, 0.2) is 24.3 Å². The van der Waals surface area contributed by atoms with Gasteiger partial charge in [0.15, 0.2) is 0 Å². The average molecular weight is 205 g/mol. The van der Waals surface area contributed by atoms with E-state index >= 15 is 0 Å². The standard InChI is InChI=1S/C13H19NO/c1-9-11(4-7-13(9)14)8-10-2-5-12(15)6-3-10/h2-3,5-6,9,11,13,15H,4,7-8,14H2,1H3. The Morgan fingerprint density at radius 2 is 1.93 bits per heavy atom. The van der Waals surface area contributed by atoms with Crippen LogP contribution < -0.4 is 5.73 Å². The fourth-order valence-electron chi connectivity index (χ4n) is 2.50. The lowest BCUT2D eigenvalue weighted by Crippen LogP contribution is -2.25. The molecule has 2 heteroatoms. The molecule has 0 radical (unpaired) electrons. The zero-order valence-electron chi connectivity index (χ0n) is 9.19. The zero-order chi connectivity index (χ0) is 10.8. The first-order chi connectivity index (χ1) is 7.16. The normalized spacial score (nSPS) is 30.7. The molecule has 3 N–H and O–H groups in total. The topological polar surface area (TPSA) is 46.2 Å². The fourth-order valence-corrected chi connectivity index (χ4v) is 2.50. The van der Waals surface area contributed by atoms with Crippen molar-refractivity contribution in [2.45, 2.75) is 32.2 Å². The van der Waals surface area contributed by atoms with E-state index in [0.717, 1.165) is 12.8 Å². The number of hydrogen-bond acceptors (Lipinski definition) is 2. The highest BCUT2D eigenvalue weighted by Gasteiger charge is 2.29. The third kappa shape index (κ3) is 2.32. The maximum atomic E-state index is 9.19. The second kappa shape index (κ2) is 4.23. The average Bonchev–Trinajstić information content (AvgIpc) is 2.53. The van der Waals surface area contributed by atoms with Crippen molar-refractivity contribution in [3.63, 3.8) is 0 Å². The summed E-state index contributed by atoms with van der Waals surface area (Å²) in [4.78, 5) is 0. The van der Waals surface area contributed by atoms with Crippen molar-refractivity contribution in [2.24, 2.45) is 17.6 Å². The van der Waals surface area contributed by atoms with E-state index in [9.17, 15) is 5.11 Å². The number of rotatable bonds is 2. The van der Waals surface area contributed by atoms with Crippen molar-refractivity contribution in [1.82, 2.24) is 0 Å². The summed E-state index contributed by atoms with van der Waals surface area (Å²) in [5.74, 6) is 1.68. The maximum absolute atomic E-state index is 9.19. The molecule has 1 aromatic rings. The van der Waals surface area contributed by atoms with Crippen molar-refractivity contribution in [1.29, 1.82) is 0 Å². The number of phenolic OH excluding ortho intramolecular Hbond substituents is 1. The van der Waals surface area contributed by atoms with E-state index in [1.54, 1.807) is 12.1 Å². The van der Waals surface area contributed by atoms with E-state index in [0.29, 0.717) is 23.6 Å². The van der Waals surface area contributed by atoms with Gasteiger partial charge in [0, 0.05) is 6.04 Å². The smallest absolute Gasteiger partial charge is 0.115 e. The molecule has 0 amide bonds. The molecule has 0 spiro atoms. The van der Waals surface area contributed by atoms with E-state index < -0.39 is 0 Å². The molecule has 1 aromatic carbocycles. The SMILES string of the molecule is CC1C(N)CCC1Cc1ccc(O)cc1. The molecule has 3 unspecified atom stereocenters.